The van der Waals surface area contributed by atoms with E-state index in [1.165, 1.54) is 5.69 Å². The second-order valence-corrected chi connectivity index (χ2v) is 12.1. The molecule has 0 aliphatic carbocycles. The van der Waals surface area contributed by atoms with E-state index in [0.29, 0.717) is 13.1 Å². The quantitative estimate of drug-likeness (QED) is 0.0535. The predicted octanol–water partition coefficient (Wildman–Crippen LogP) is 6.75. The van der Waals surface area contributed by atoms with Crippen LogP contribution in [0, 0.1) is 0 Å². The van der Waals surface area contributed by atoms with Crippen LogP contribution < -0.4 is 14.4 Å². The lowest BCUT2D eigenvalue weighted by Gasteiger charge is -2.19. The molecular formula is C36H43N4O2S2+. The Bertz CT molecular complexity index is 1410. The van der Waals surface area contributed by atoms with Gasteiger partial charge in [0.25, 0.3) is 0 Å². The standard InChI is InChI=1S/C36H43N4O2S2/c1-38(34-17-12-32(13-18-34)10-6-4-3-5-8-22-37-23-28-41)26-30-43-44-31-27-39(2)35-19-14-33(15-20-35)16-21-36-11-7-9-24-40(36)25-29-42/h3-22,24,26,30,41-42H,23,25,27-29,31H2,1-2H3/q+1/b4-3+,8-5-,10-6+,30-26-,37-22+. The molecule has 3 rings (SSSR count). The van der Waals surface area contributed by atoms with Gasteiger partial charge in [-0.05, 0) is 59.0 Å². The highest BCUT2D eigenvalue weighted by Gasteiger charge is 2.05. The summed E-state index contributed by atoms with van der Waals surface area (Å²) in [6, 6.07) is 23.1. The summed E-state index contributed by atoms with van der Waals surface area (Å²) in [5.41, 5.74) is 5.69. The van der Waals surface area contributed by atoms with Crippen LogP contribution in [0.3, 0.4) is 0 Å². The van der Waals surface area contributed by atoms with Crippen molar-refractivity contribution in [3.63, 3.8) is 0 Å². The first-order valence-electron chi connectivity index (χ1n) is 14.6. The molecule has 1 heterocycles. The van der Waals surface area contributed by atoms with E-state index in [9.17, 15) is 5.11 Å². The number of benzene rings is 2. The van der Waals surface area contributed by atoms with Gasteiger partial charge >= 0.3 is 0 Å². The van der Waals surface area contributed by atoms with Gasteiger partial charge in [-0.2, -0.15) is 4.57 Å². The van der Waals surface area contributed by atoms with Crippen LogP contribution in [-0.2, 0) is 6.54 Å². The molecule has 230 valence electrons. The Balaban J connectivity index is 1.35. The Labute approximate surface area is 270 Å². The summed E-state index contributed by atoms with van der Waals surface area (Å²) < 4.78 is 2.04. The van der Waals surface area contributed by atoms with E-state index < -0.39 is 0 Å². The summed E-state index contributed by atoms with van der Waals surface area (Å²) in [5, 5.41) is 20.1. The van der Waals surface area contributed by atoms with Crippen molar-refractivity contribution in [2.45, 2.75) is 6.54 Å². The Morgan fingerprint density at radius 3 is 2.23 bits per heavy atom. The van der Waals surface area contributed by atoms with Crippen molar-refractivity contribution >= 4 is 57.4 Å². The number of anilines is 2. The van der Waals surface area contributed by atoms with Gasteiger partial charge in [-0.25, -0.2) is 0 Å². The van der Waals surface area contributed by atoms with E-state index in [-0.39, 0.29) is 13.2 Å². The van der Waals surface area contributed by atoms with Gasteiger partial charge in [-0.1, -0.05) is 76.2 Å². The maximum atomic E-state index is 9.27. The molecule has 0 unspecified atom stereocenters. The number of pyridine rings is 1. The monoisotopic (exact) mass is 627 g/mol. The van der Waals surface area contributed by atoms with Crippen LogP contribution in [0.25, 0.3) is 18.2 Å². The number of rotatable bonds is 18. The van der Waals surface area contributed by atoms with Crippen molar-refractivity contribution in [2.75, 3.05) is 56.0 Å². The maximum absolute atomic E-state index is 9.27. The van der Waals surface area contributed by atoms with E-state index in [2.05, 4.69) is 113 Å². The highest BCUT2D eigenvalue weighted by atomic mass is 33.1. The lowest BCUT2D eigenvalue weighted by Crippen LogP contribution is -2.38. The summed E-state index contributed by atoms with van der Waals surface area (Å²) >= 11 is 0. The molecule has 8 heteroatoms. The fraction of sp³-hybridized carbons (Fsp3) is 0.222. The molecule has 0 saturated heterocycles. The molecule has 0 fully saturated rings. The van der Waals surface area contributed by atoms with E-state index in [1.807, 2.05) is 64.1 Å². The van der Waals surface area contributed by atoms with Gasteiger partial charge in [-0.3, -0.25) is 4.99 Å². The molecule has 0 atom stereocenters. The summed E-state index contributed by atoms with van der Waals surface area (Å²) in [6.07, 6.45) is 21.7. The summed E-state index contributed by atoms with van der Waals surface area (Å²) in [7, 11) is 7.78. The highest BCUT2D eigenvalue weighted by molar-refractivity contribution is 8.77. The van der Waals surface area contributed by atoms with E-state index in [4.69, 9.17) is 5.11 Å². The Hall–Kier alpha value is -3.82. The van der Waals surface area contributed by atoms with Crippen molar-refractivity contribution in [1.82, 2.24) is 0 Å². The second kappa shape index (κ2) is 21.0. The van der Waals surface area contributed by atoms with Crippen molar-refractivity contribution < 1.29 is 14.8 Å². The zero-order valence-corrected chi connectivity index (χ0v) is 27.2. The molecule has 0 radical (unpaired) electrons. The highest BCUT2D eigenvalue weighted by Crippen LogP contribution is 2.24. The molecule has 0 aliphatic rings. The number of hydrogen-bond acceptors (Lipinski definition) is 7. The number of aromatic nitrogens is 1. The van der Waals surface area contributed by atoms with Crippen molar-refractivity contribution in [3.05, 3.63) is 132 Å². The average Bonchev–Trinajstić information content (AvgIpc) is 3.05. The fourth-order valence-corrected chi connectivity index (χ4v) is 5.64. The molecule has 0 amide bonds. The first-order chi connectivity index (χ1) is 21.6. The second-order valence-electron chi connectivity index (χ2n) is 9.70. The molecule has 0 aliphatic heterocycles. The first kappa shape index (κ1) is 34.7. The molecule has 44 heavy (non-hydrogen) atoms. The third-order valence-electron chi connectivity index (χ3n) is 6.47. The van der Waals surface area contributed by atoms with Crippen molar-refractivity contribution in [1.29, 1.82) is 0 Å². The van der Waals surface area contributed by atoms with Gasteiger partial charge in [0.05, 0.1) is 13.2 Å². The van der Waals surface area contributed by atoms with E-state index in [1.54, 1.807) is 17.0 Å². The van der Waals surface area contributed by atoms with Crippen LogP contribution in [0.4, 0.5) is 11.4 Å². The lowest BCUT2D eigenvalue weighted by atomic mass is 10.1. The average molecular weight is 628 g/mol. The molecule has 3 aromatic rings. The third kappa shape index (κ3) is 13.2. The van der Waals surface area contributed by atoms with Gasteiger partial charge in [0.15, 0.2) is 12.7 Å². The van der Waals surface area contributed by atoms with Crippen molar-refractivity contribution in [2.24, 2.45) is 4.99 Å². The number of nitrogens with zero attached hydrogens (tertiary/aromatic N) is 4. The fourth-order valence-electron chi connectivity index (χ4n) is 3.99. The molecule has 6 nitrogen and oxygen atoms in total. The van der Waals surface area contributed by atoms with Crippen LogP contribution in [-0.4, -0.2) is 62.6 Å². The number of allylic oxidation sites excluding steroid dienone is 5. The maximum Gasteiger partial charge on any atom is 0.205 e. The Kier molecular flexibility index (Phi) is 16.5. The number of aliphatic hydroxyl groups is 2. The number of aliphatic imine (C=N–C) groups is 1. The molecule has 0 spiro atoms. The van der Waals surface area contributed by atoms with Gasteiger partial charge in [0.2, 0.25) is 5.69 Å². The Morgan fingerprint density at radius 2 is 1.48 bits per heavy atom. The first-order valence-corrected chi connectivity index (χ1v) is 17.0. The van der Waals surface area contributed by atoms with E-state index in [0.717, 1.165) is 34.8 Å². The summed E-state index contributed by atoms with van der Waals surface area (Å²) in [4.78, 5) is 8.41. The minimum Gasteiger partial charge on any atom is -0.394 e. The van der Waals surface area contributed by atoms with Gasteiger partial charge in [-0.15, -0.1) is 0 Å². The van der Waals surface area contributed by atoms with Gasteiger partial charge < -0.3 is 20.0 Å². The SMILES string of the molecule is CN(/C=C\SSCCN(C)c1ccc(/C=C/c2cccc[n+]2CCO)cc1)c1ccc(/C=C/C=C/C=C\C=N\CCO)cc1. The summed E-state index contributed by atoms with van der Waals surface area (Å²) in [6.45, 7) is 2.18. The molecular weight excluding hydrogens is 585 g/mol. The number of aliphatic hydroxyl groups excluding tert-OH is 2. The van der Waals surface area contributed by atoms with Gasteiger partial charge in [0.1, 0.15) is 6.61 Å². The minimum atomic E-state index is 0.0749. The normalized spacial score (nSPS) is 12.3. The lowest BCUT2D eigenvalue weighted by molar-refractivity contribution is -0.699. The summed E-state index contributed by atoms with van der Waals surface area (Å²) in [5.74, 6) is 1.01. The van der Waals surface area contributed by atoms with Crippen LogP contribution in [0.2, 0.25) is 0 Å². The molecule has 1 aromatic heterocycles. The van der Waals surface area contributed by atoms with Crippen LogP contribution in [0.15, 0.2) is 120 Å². The smallest absolute Gasteiger partial charge is 0.205 e. The molecule has 2 N–H and O–H groups in total. The molecule has 2 aromatic carbocycles. The minimum absolute atomic E-state index is 0.0749. The van der Waals surface area contributed by atoms with E-state index >= 15 is 0 Å². The van der Waals surface area contributed by atoms with Gasteiger partial charge in [0, 0.05) is 68.4 Å². The largest absolute Gasteiger partial charge is 0.394 e. The third-order valence-corrected chi connectivity index (χ3v) is 8.43. The predicted molar refractivity (Wildman–Crippen MR) is 194 cm³/mol. The van der Waals surface area contributed by atoms with Crippen LogP contribution >= 0.6 is 21.6 Å². The topological polar surface area (TPSA) is 63.2 Å². The van der Waals surface area contributed by atoms with Crippen molar-refractivity contribution in [3.8, 4) is 0 Å². The zero-order chi connectivity index (χ0) is 31.2. The Morgan fingerprint density at radius 1 is 0.773 bits per heavy atom. The number of hydrogen-bond donors (Lipinski definition) is 2. The zero-order valence-electron chi connectivity index (χ0n) is 25.5. The van der Waals surface area contributed by atoms with Crippen LogP contribution in [0.1, 0.15) is 16.8 Å². The molecule has 0 saturated carbocycles. The molecule has 0 bridgehead atoms. The van der Waals surface area contributed by atoms with Crippen LogP contribution in [0.5, 0.6) is 0 Å².